The maximum Gasteiger partial charge on any atom is 0.251 e. The van der Waals surface area contributed by atoms with Crippen molar-refractivity contribution in [2.45, 2.75) is 46.3 Å². The zero-order valence-corrected chi connectivity index (χ0v) is 21.1. The van der Waals surface area contributed by atoms with Gasteiger partial charge in [0.1, 0.15) is 17.2 Å². The van der Waals surface area contributed by atoms with Crippen LogP contribution in [0, 0.1) is 0 Å². The molecule has 8 heteroatoms. The van der Waals surface area contributed by atoms with Crippen molar-refractivity contribution in [3.05, 3.63) is 83.6 Å². The second-order valence-corrected chi connectivity index (χ2v) is 9.79. The average Bonchev–Trinajstić information content (AvgIpc) is 3.18. The van der Waals surface area contributed by atoms with E-state index in [0.717, 1.165) is 33.9 Å². The van der Waals surface area contributed by atoms with E-state index < -0.39 is 0 Å². The first kappa shape index (κ1) is 24.9. The van der Waals surface area contributed by atoms with Gasteiger partial charge in [0.05, 0.1) is 0 Å². The van der Waals surface area contributed by atoms with Crippen molar-refractivity contribution in [2.24, 2.45) is 5.73 Å². The van der Waals surface area contributed by atoms with Gasteiger partial charge in [0.25, 0.3) is 5.91 Å². The summed E-state index contributed by atoms with van der Waals surface area (Å²) in [5, 5.41) is 9.30. The van der Waals surface area contributed by atoms with Crippen LogP contribution in [0.4, 0.5) is 11.5 Å². The molecular weight excluding hydrogens is 452 g/mol. The van der Waals surface area contributed by atoms with E-state index in [1.807, 2.05) is 59.1 Å². The summed E-state index contributed by atoms with van der Waals surface area (Å²) in [5.74, 6) is 0.531. The first-order chi connectivity index (χ1) is 17.1. The topological polar surface area (TPSA) is 114 Å². The number of fused-ring (bicyclic) bond motifs is 1. The molecule has 0 aliphatic rings. The van der Waals surface area contributed by atoms with E-state index in [0.29, 0.717) is 24.3 Å². The number of hydrogen-bond acceptors (Lipinski definition) is 5. The third kappa shape index (κ3) is 5.90. The fourth-order valence-corrected chi connectivity index (χ4v) is 3.93. The van der Waals surface area contributed by atoms with Gasteiger partial charge in [-0.3, -0.25) is 14.0 Å². The van der Waals surface area contributed by atoms with Gasteiger partial charge in [-0.15, -0.1) is 0 Å². The largest absolute Gasteiger partial charge is 0.365 e. The third-order valence-corrected chi connectivity index (χ3v) is 5.54. The van der Waals surface area contributed by atoms with Gasteiger partial charge in [-0.05, 0) is 56.2 Å². The van der Waals surface area contributed by atoms with Crippen molar-refractivity contribution in [2.75, 3.05) is 10.6 Å². The highest BCUT2D eigenvalue weighted by molar-refractivity contribution is 5.95. The molecule has 0 aliphatic heterocycles. The second kappa shape index (κ2) is 10.2. The Balaban J connectivity index is 1.64. The van der Waals surface area contributed by atoms with Gasteiger partial charge in [0.15, 0.2) is 0 Å². The number of anilines is 2. The fraction of sp³-hybridized carbons (Fsp3) is 0.250. The van der Waals surface area contributed by atoms with Gasteiger partial charge in [-0.25, -0.2) is 4.98 Å². The highest BCUT2D eigenvalue weighted by Gasteiger charge is 2.20. The molecule has 2 heterocycles. The lowest BCUT2D eigenvalue weighted by atomic mass is 10.1. The van der Waals surface area contributed by atoms with E-state index in [1.165, 1.54) is 6.92 Å². The van der Waals surface area contributed by atoms with Crippen LogP contribution in [0.2, 0.25) is 0 Å². The molecule has 186 valence electrons. The molecule has 4 rings (SSSR count). The molecule has 8 nitrogen and oxygen atoms in total. The van der Waals surface area contributed by atoms with Crippen molar-refractivity contribution in [1.29, 1.82) is 0 Å². The molecule has 4 aromatic rings. The number of pyridine rings is 1. The number of benzene rings is 2. The maximum absolute atomic E-state index is 12.9. The number of carbonyl (C=O) groups excluding carboxylic acids is 2. The minimum Gasteiger partial charge on any atom is -0.365 e. The molecule has 0 bridgehead atoms. The lowest BCUT2D eigenvalue weighted by Gasteiger charge is -2.22. The monoisotopic (exact) mass is 484 g/mol. The summed E-state index contributed by atoms with van der Waals surface area (Å²) in [5.41, 5.74) is 11.1. The Morgan fingerprint density at radius 3 is 2.39 bits per heavy atom. The van der Waals surface area contributed by atoms with Crippen molar-refractivity contribution < 1.29 is 9.59 Å². The van der Waals surface area contributed by atoms with Gasteiger partial charge < -0.3 is 21.7 Å². The number of hydrogen-bond donors (Lipinski definition) is 4. The van der Waals surface area contributed by atoms with Crippen LogP contribution in [-0.4, -0.2) is 26.7 Å². The Hall–Kier alpha value is -4.17. The summed E-state index contributed by atoms with van der Waals surface area (Å²) >= 11 is 0. The number of amides is 2. The maximum atomic E-state index is 12.9. The molecule has 0 radical (unpaired) electrons. The van der Waals surface area contributed by atoms with E-state index in [-0.39, 0.29) is 17.4 Å². The molecule has 0 saturated carbocycles. The molecule has 36 heavy (non-hydrogen) atoms. The Morgan fingerprint density at radius 1 is 1.00 bits per heavy atom. The number of carbonyl (C=O) groups is 2. The number of nitrogens with one attached hydrogen (secondary N) is 3. The van der Waals surface area contributed by atoms with E-state index in [4.69, 9.17) is 10.7 Å². The molecule has 2 amide bonds. The predicted molar refractivity (Wildman–Crippen MR) is 144 cm³/mol. The molecule has 0 unspecified atom stereocenters. The molecular formula is C28H32N6O2. The van der Waals surface area contributed by atoms with Crippen LogP contribution in [0.15, 0.2) is 66.9 Å². The van der Waals surface area contributed by atoms with Crippen LogP contribution < -0.4 is 21.7 Å². The molecule has 0 atom stereocenters. The zero-order valence-electron chi connectivity index (χ0n) is 21.1. The Morgan fingerprint density at radius 2 is 1.72 bits per heavy atom. The summed E-state index contributed by atoms with van der Waals surface area (Å²) < 4.78 is 1.95. The van der Waals surface area contributed by atoms with Crippen LogP contribution >= 0.6 is 0 Å². The van der Waals surface area contributed by atoms with Gasteiger partial charge in [0.2, 0.25) is 5.91 Å². The Labute approximate surface area is 210 Å². The van der Waals surface area contributed by atoms with Gasteiger partial charge in [0, 0.05) is 48.6 Å². The van der Waals surface area contributed by atoms with Gasteiger partial charge in [-0.1, -0.05) is 36.4 Å². The van der Waals surface area contributed by atoms with Gasteiger partial charge >= 0.3 is 0 Å². The second-order valence-electron chi connectivity index (χ2n) is 9.79. The number of imidazole rings is 1. The molecule has 5 N–H and O–H groups in total. The molecule has 0 saturated heterocycles. The van der Waals surface area contributed by atoms with Crippen molar-refractivity contribution in [3.63, 3.8) is 0 Å². The highest BCUT2D eigenvalue weighted by atomic mass is 16.2. The summed E-state index contributed by atoms with van der Waals surface area (Å²) in [4.78, 5) is 29.1. The SMILES string of the molecule is CC(=O)Nc1ccc(-c2nc3cc(C(=O)NCc4cccc(CN)c4)ccn3c2NC(C)(C)C)cc1. The normalized spacial score (nSPS) is 11.4. The van der Waals surface area contributed by atoms with E-state index in [1.54, 1.807) is 12.1 Å². The molecule has 0 spiro atoms. The highest BCUT2D eigenvalue weighted by Crippen LogP contribution is 2.32. The fourth-order valence-electron chi connectivity index (χ4n) is 3.93. The number of rotatable bonds is 7. The molecule has 2 aromatic heterocycles. The first-order valence-electron chi connectivity index (χ1n) is 11.9. The summed E-state index contributed by atoms with van der Waals surface area (Å²) in [6, 6.07) is 19.0. The Bertz CT molecular complexity index is 1400. The van der Waals surface area contributed by atoms with Crippen LogP contribution in [0.25, 0.3) is 16.9 Å². The van der Waals surface area contributed by atoms with Crippen molar-refractivity contribution in [1.82, 2.24) is 14.7 Å². The molecule has 0 aliphatic carbocycles. The van der Waals surface area contributed by atoms with Crippen LogP contribution in [0.3, 0.4) is 0 Å². The number of nitrogens with zero attached hydrogens (tertiary/aromatic N) is 2. The minimum absolute atomic E-state index is 0.122. The Kier molecular flexibility index (Phi) is 7.07. The minimum atomic E-state index is -0.213. The van der Waals surface area contributed by atoms with Crippen LogP contribution in [0.5, 0.6) is 0 Å². The summed E-state index contributed by atoms with van der Waals surface area (Å²) in [6.45, 7) is 8.59. The van der Waals surface area contributed by atoms with Crippen LogP contribution in [0.1, 0.15) is 49.2 Å². The summed E-state index contributed by atoms with van der Waals surface area (Å²) in [6.07, 6.45) is 1.86. The number of aromatic nitrogens is 2. The first-order valence-corrected chi connectivity index (χ1v) is 11.9. The standard InChI is InChI=1S/C28H32N6O2/c1-18(35)31-23-10-8-21(9-11-23)25-26(33-28(2,3)4)34-13-12-22(15-24(34)32-25)27(36)30-17-20-7-5-6-19(14-20)16-29/h5-15,33H,16-17,29H2,1-4H3,(H,30,36)(H,31,35). The average molecular weight is 485 g/mol. The predicted octanol–water partition coefficient (Wildman–Crippen LogP) is 4.56. The van der Waals surface area contributed by atoms with Gasteiger partial charge in [-0.2, -0.15) is 0 Å². The zero-order chi connectivity index (χ0) is 25.9. The van der Waals surface area contributed by atoms with E-state index in [9.17, 15) is 9.59 Å². The van der Waals surface area contributed by atoms with E-state index >= 15 is 0 Å². The lowest BCUT2D eigenvalue weighted by molar-refractivity contribution is -0.114. The van der Waals surface area contributed by atoms with E-state index in [2.05, 4.69) is 36.7 Å². The smallest absolute Gasteiger partial charge is 0.251 e. The van der Waals surface area contributed by atoms with Crippen LogP contribution in [-0.2, 0) is 17.9 Å². The lowest BCUT2D eigenvalue weighted by Crippen LogP contribution is -2.27. The van der Waals surface area contributed by atoms with Crippen molar-refractivity contribution in [3.8, 4) is 11.3 Å². The summed E-state index contributed by atoms with van der Waals surface area (Å²) in [7, 11) is 0. The van der Waals surface area contributed by atoms with Crippen molar-refractivity contribution >= 4 is 29.0 Å². The quantitative estimate of drug-likeness (QED) is 0.307. The third-order valence-electron chi connectivity index (χ3n) is 5.54. The number of nitrogens with two attached hydrogens (primary N) is 1. The molecule has 0 fully saturated rings. The molecule has 2 aromatic carbocycles.